The zero-order valence-electron chi connectivity index (χ0n) is 10.7. The number of hydrogen-bond donors (Lipinski definition) is 1. The topological polar surface area (TPSA) is 92.5 Å². The third kappa shape index (κ3) is 2.95. The van der Waals surface area contributed by atoms with Crippen molar-refractivity contribution in [3.63, 3.8) is 0 Å². The summed E-state index contributed by atoms with van der Waals surface area (Å²) < 4.78 is 27.4. The van der Waals surface area contributed by atoms with Crippen molar-refractivity contribution in [3.05, 3.63) is 12.3 Å². The molecule has 1 atom stereocenters. The molecule has 1 fully saturated rings. The van der Waals surface area contributed by atoms with Gasteiger partial charge >= 0.3 is 5.97 Å². The van der Waals surface area contributed by atoms with Gasteiger partial charge in [0.1, 0.15) is 0 Å². The smallest absolute Gasteiger partial charge is 0.303 e. The Bertz CT molecular complexity index is 566. The highest BCUT2D eigenvalue weighted by atomic mass is 32.2. The zero-order valence-corrected chi connectivity index (χ0v) is 11.5. The molecule has 0 radical (unpaired) electrons. The van der Waals surface area contributed by atoms with Gasteiger partial charge in [-0.05, 0) is 24.8 Å². The van der Waals surface area contributed by atoms with Crippen molar-refractivity contribution in [1.29, 1.82) is 0 Å². The van der Waals surface area contributed by atoms with Crippen LogP contribution in [0.25, 0.3) is 0 Å². The molecule has 2 rings (SSSR count). The lowest BCUT2D eigenvalue weighted by atomic mass is 10.0. The van der Waals surface area contributed by atoms with E-state index in [0.717, 1.165) is 0 Å². The molecule has 2 heterocycles. The molecule has 0 aromatic carbocycles. The summed E-state index contributed by atoms with van der Waals surface area (Å²) in [6.07, 6.45) is 2.77. The number of aromatic nitrogens is 2. The Morgan fingerprint density at radius 3 is 2.89 bits per heavy atom. The number of rotatable bonds is 5. The number of aryl methyl sites for hydroxylation is 1. The number of carbonyl (C=O) groups is 1. The van der Waals surface area contributed by atoms with E-state index in [9.17, 15) is 13.2 Å². The Morgan fingerprint density at radius 1 is 1.58 bits per heavy atom. The second kappa shape index (κ2) is 5.30. The molecule has 1 N–H and O–H groups in total. The van der Waals surface area contributed by atoms with Crippen molar-refractivity contribution < 1.29 is 18.3 Å². The summed E-state index contributed by atoms with van der Waals surface area (Å²) >= 11 is 0. The monoisotopic (exact) mass is 287 g/mol. The summed E-state index contributed by atoms with van der Waals surface area (Å²) in [7, 11) is -1.92. The highest BCUT2D eigenvalue weighted by molar-refractivity contribution is 7.89. The first kappa shape index (κ1) is 14.0. The summed E-state index contributed by atoms with van der Waals surface area (Å²) in [4.78, 5) is 10.5. The highest BCUT2D eigenvalue weighted by Gasteiger charge is 2.34. The summed E-state index contributed by atoms with van der Waals surface area (Å²) in [5.74, 6) is -0.716. The second-order valence-corrected chi connectivity index (χ2v) is 6.63. The van der Waals surface area contributed by atoms with Crippen molar-refractivity contribution in [1.82, 2.24) is 14.1 Å². The van der Waals surface area contributed by atoms with Gasteiger partial charge in [-0.15, -0.1) is 0 Å². The number of carboxylic acids is 1. The minimum absolute atomic E-state index is 0.0876. The van der Waals surface area contributed by atoms with E-state index < -0.39 is 16.0 Å². The van der Waals surface area contributed by atoms with Crippen LogP contribution in [0.3, 0.4) is 0 Å². The number of carboxylic acid groups (broad SMARTS) is 1. The van der Waals surface area contributed by atoms with E-state index >= 15 is 0 Å². The van der Waals surface area contributed by atoms with Gasteiger partial charge in [0, 0.05) is 26.6 Å². The Morgan fingerprint density at radius 2 is 2.32 bits per heavy atom. The number of aliphatic carboxylic acids is 1. The van der Waals surface area contributed by atoms with Crippen LogP contribution in [0.15, 0.2) is 17.3 Å². The van der Waals surface area contributed by atoms with Gasteiger partial charge < -0.3 is 5.11 Å². The van der Waals surface area contributed by atoms with Gasteiger partial charge in [-0.25, -0.2) is 8.42 Å². The van der Waals surface area contributed by atoms with Gasteiger partial charge in [-0.3, -0.25) is 9.48 Å². The molecule has 1 saturated heterocycles. The van der Waals surface area contributed by atoms with Crippen LogP contribution in [-0.4, -0.2) is 46.7 Å². The van der Waals surface area contributed by atoms with Gasteiger partial charge in [0.2, 0.25) is 0 Å². The van der Waals surface area contributed by atoms with E-state index in [2.05, 4.69) is 5.10 Å². The maximum Gasteiger partial charge on any atom is 0.303 e. The average molecular weight is 287 g/mol. The van der Waals surface area contributed by atoms with Crippen molar-refractivity contribution in [2.24, 2.45) is 13.0 Å². The molecule has 1 unspecified atom stereocenters. The van der Waals surface area contributed by atoms with Crippen molar-refractivity contribution in [3.8, 4) is 0 Å². The Kier molecular flexibility index (Phi) is 3.91. The van der Waals surface area contributed by atoms with Crippen molar-refractivity contribution >= 4 is 16.0 Å². The van der Waals surface area contributed by atoms with Gasteiger partial charge in [0.25, 0.3) is 10.0 Å². The molecule has 0 amide bonds. The molecule has 0 saturated carbocycles. The molecule has 1 aromatic heterocycles. The normalized spacial score (nSPS) is 20.8. The molecule has 0 spiro atoms. The van der Waals surface area contributed by atoms with E-state index in [0.29, 0.717) is 25.9 Å². The van der Waals surface area contributed by atoms with Crippen molar-refractivity contribution in [2.45, 2.75) is 24.3 Å². The Balaban J connectivity index is 2.04. The highest BCUT2D eigenvalue weighted by Crippen LogP contribution is 2.26. The Labute approximate surface area is 111 Å². The fraction of sp³-hybridized carbons (Fsp3) is 0.636. The molecular formula is C11H17N3O4S. The molecule has 1 aromatic rings. The third-order valence-electron chi connectivity index (χ3n) is 3.40. The minimum atomic E-state index is -3.51. The van der Waals surface area contributed by atoms with Gasteiger partial charge in [-0.2, -0.15) is 9.40 Å². The molecule has 0 bridgehead atoms. The number of sulfonamides is 1. The zero-order chi connectivity index (χ0) is 14.0. The quantitative estimate of drug-likeness (QED) is 0.840. The minimum Gasteiger partial charge on any atom is -0.481 e. The number of nitrogens with zero attached hydrogens (tertiary/aromatic N) is 3. The summed E-state index contributed by atoms with van der Waals surface area (Å²) in [6.45, 7) is 0.832. The van der Waals surface area contributed by atoms with Gasteiger partial charge in [-0.1, -0.05) is 0 Å². The van der Waals surface area contributed by atoms with Gasteiger partial charge in [0.05, 0.1) is 6.20 Å². The summed E-state index contributed by atoms with van der Waals surface area (Å²) in [5.41, 5.74) is 0. The largest absolute Gasteiger partial charge is 0.481 e. The molecule has 106 valence electrons. The van der Waals surface area contributed by atoms with E-state index in [-0.39, 0.29) is 17.4 Å². The third-order valence-corrected chi connectivity index (χ3v) is 5.34. The maximum atomic E-state index is 12.3. The lowest BCUT2D eigenvalue weighted by molar-refractivity contribution is -0.137. The molecule has 0 aliphatic carbocycles. The first-order valence-corrected chi connectivity index (χ1v) is 7.55. The van der Waals surface area contributed by atoms with Crippen LogP contribution in [-0.2, 0) is 21.9 Å². The SMILES string of the molecule is Cn1nccc1S(=O)(=O)N1CCC(CCC(=O)O)C1. The predicted octanol–water partition coefficient (Wildman–Crippen LogP) is 0.295. The molecular weight excluding hydrogens is 270 g/mol. The fourth-order valence-electron chi connectivity index (χ4n) is 2.33. The molecule has 19 heavy (non-hydrogen) atoms. The lowest BCUT2D eigenvalue weighted by Gasteiger charge is -2.16. The van der Waals surface area contributed by atoms with Crippen LogP contribution < -0.4 is 0 Å². The van der Waals surface area contributed by atoms with E-state index in [1.165, 1.54) is 21.3 Å². The van der Waals surface area contributed by atoms with Crippen LogP contribution in [0.2, 0.25) is 0 Å². The van der Waals surface area contributed by atoms with Gasteiger partial charge in [0.15, 0.2) is 5.03 Å². The van der Waals surface area contributed by atoms with Crippen molar-refractivity contribution in [2.75, 3.05) is 13.1 Å². The number of hydrogen-bond acceptors (Lipinski definition) is 4. The van der Waals surface area contributed by atoms with Crippen LogP contribution in [0.1, 0.15) is 19.3 Å². The molecule has 1 aliphatic rings. The average Bonchev–Trinajstić information content (AvgIpc) is 2.95. The summed E-state index contributed by atoms with van der Waals surface area (Å²) in [6, 6.07) is 1.47. The van der Waals surface area contributed by atoms with Crippen LogP contribution in [0.5, 0.6) is 0 Å². The molecule has 1 aliphatic heterocycles. The maximum absolute atomic E-state index is 12.3. The fourth-order valence-corrected chi connectivity index (χ4v) is 3.96. The Hall–Kier alpha value is -1.41. The van der Waals surface area contributed by atoms with E-state index in [1.807, 2.05) is 0 Å². The summed E-state index contributed by atoms with van der Waals surface area (Å²) in [5, 5.41) is 12.7. The second-order valence-electron chi connectivity index (χ2n) is 4.74. The van der Waals surface area contributed by atoms with Crippen LogP contribution in [0.4, 0.5) is 0 Å². The van der Waals surface area contributed by atoms with Crippen LogP contribution >= 0.6 is 0 Å². The van der Waals surface area contributed by atoms with E-state index in [1.54, 1.807) is 7.05 Å². The van der Waals surface area contributed by atoms with Crippen LogP contribution in [0, 0.1) is 5.92 Å². The standard InChI is InChI=1S/C11H17N3O4S/c1-13-10(4-6-12-13)19(17,18)14-7-5-9(8-14)2-3-11(15)16/h4,6,9H,2-3,5,7-8H2,1H3,(H,15,16). The molecule has 7 nitrogen and oxygen atoms in total. The first-order valence-electron chi connectivity index (χ1n) is 6.11. The van der Waals surface area contributed by atoms with E-state index in [4.69, 9.17) is 5.11 Å². The lowest BCUT2D eigenvalue weighted by Crippen LogP contribution is -2.30. The first-order chi connectivity index (χ1) is 8.91. The molecule has 8 heteroatoms. The predicted molar refractivity (Wildman–Crippen MR) is 66.9 cm³/mol.